The van der Waals surface area contributed by atoms with Crippen LogP contribution < -0.4 is 4.74 Å². The van der Waals surface area contributed by atoms with Gasteiger partial charge in [0.15, 0.2) is 17.5 Å². The molecule has 0 aliphatic rings. The molecule has 0 atom stereocenters. The van der Waals surface area contributed by atoms with Gasteiger partial charge in [-0.3, -0.25) is 0 Å². The lowest BCUT2D eigenvalue weighted by atomic mass is 10.1. The molecular formula is C35H43N3O2. The molecule has 40 heavy (non-hydrogen) atoms. The number of hydrogen-bond acceptors (Lipinski definition) is 5. The summed E-state index contributed by atoms with van der Waals surface area (Å²) in [6, 6.07) is 21.5. The molecule has 0 saturated heterocycles. The first kappa shape index (κ1) is 29.3. The summed E-state index contributed by atoms with van der Waals surface area (Å²) in [5, 5.41) is 11.0. The molecule has 0 aliphatic carbocycles. The van der Waals surface area contributed by atoms with Crippen molar-refractivity contribution in [3.63, 3.8) is 0 Å². The largest absolute Gasteiger partial charge is 0.507 e. The van der Waals surface area contributed by atoms with E-state index in [4.69, 9.17) is 19.7 Å². The van der Waals surface area contributed by atoms with Crippen molar-refractivity contribution in [2.45, 2.75) is 85.0 Å². The minimum atomic E-state index is 0.0956. The van der Waals surface area contributed by atoms with Crippen molar-refractivity contribution >= 4 is 0 Å². The Balaban J connectivity index is 1.43. The molecule has 1 N–H and O–H groups in total. The summed E-state index contributed by atoms with van der Waals surface area (Å²) >= 11 is 0. The third-order valence-corrected chi connectivity index (χ3v) is 7.38. The van der Waals surface area contributed by atoms with E-state index in [0.717, 1.165) is 28.7 Å². The number of phenolic OH excluding ortho intramolecular Hbond substituents is 1. The molecule has 1 heterocycles. The van der Waals surface area contributed by atoms with E-state index >= 15 is 0 Å². The summed E-state index contributed by atoms with van der Waals surface area (Å²) < 4.78 is 5.95. The van der Waals surface area contributed by atoms with Gasteiger partial charge < -0.3 is 9.84 Å². The average Bonchev–Trinajstić information content (AvgIpc) is 2.96. The smallest absolute Gasteiger partial charge is 0.167 e. The maximum atomic E-state index is 11.0. The second kappa shape index (κ2) is 15.2. The maximum Gasteiger partial charge on any atom is 0.167 e. The quantitative estimate of drug-likeness (QED) is 0.153. The molecule has 0 spiro atoms. The number of ether oxygens (including phenoxy) is 1. The van der Waals surface area contributed by atoms with Gasteiger partial charge in [-0.05, 0) is 43.5 Å². The van der Waals surface area contributed by atoms with Crippen LogP contribution in [0.15, 0.2) is 66.7 Å². The molecule has 0 saturated carbocycles. The molecule has 4 aromatic rings. The van der Waals surface area contributed by atoms with Gasteiger partial charge in [-0.25, -0.2) is 15.0 Å². The molecule has 0 amide bonds. The van der Waals surface area contributed by atoms with Gasteiger partial charge in [0.2, 0.25) is 0 Å². The van der Waals surface area contributed by atoms with E-state index in [9.17, 15) is 5.11 Å². The van der Waals surface area contributed by atoms with Crippen molar-refractivity contribution in [3.8, 4) is 45.7 Å². The Bertz CT molecular complexity index is 1300. The predicted molar refractivity (Wildman–Crippen MR) is 165 cm³/mol. The summed E-state index contributed by atoms with van der Waals surface area (Å²) in [5.41, 5.74) is 4.60. The maximum absolute atomic E-state index is 11.0. The second-order valence-corrected chi connectivity index (χ2v) is 10.6. The van der Waals surface area contributed by atoms with Crippen LogP contribution in [-0.2, 0) is 0 Å². The zero-order valence-electron chi connectivity index (χ0n) is 24.3. The van der Waals surface area contributed by atoms with Gasteiger partial charge >= 0.3 is 0 Å². The topological polar surface area (TPSA) is 68.1 Å². The number of hydrogen-bond donors (Lipinski definition) is 1. The van der Waals surface area contributed by atoms with E-state index < -0.39 is 0 Å². The highest BCUT2D eigenvalue weighted by molar-refractivity contribution is 5.72. The fraction of sp³-hybridized carbons (Fsp3) is 0.400. The summed E-state index contributed by atoms with van der Waals surface area (Å²) in [6.45, 7) is 7.00. The van der Waals surface area contributed by atoms with E-state index in [0.29, 0.717) is 35.4 Å². The van der Waals surface area contributed by atoms with E-state index in [-0.39, 0.29) is 5.75 Å². The van der Waals surface area contributed by atoms with Gasteiger partial charge in [-0.15, -0.1) is 0 Å². The molecule has 0 bridgehead atoms. The van der Waals surface area contributed by atoms with Gasteiger partial charge in [0.1, 0.15) is 11.5 Å². The minimum absolute atomic E-state index is 0.0956. The van der Waals surface area contributed by atoms with E-state index in [1.54, 1.807) is 6.07 Å². The Morgan fingerprint density at radius 3 is 1.55 bits per heavy atom. The molecule has 1 aromatic heterocycles. The Morgan fingerprint density at radius 2 is 1.05 bits per heavy atom. The number of benzene rings is 3. The van der Waals surface area contributed by atoms with Crippen molar-refractivity contribution < 1.29 is 9.84 Å². The lowest BCUT2D eigenvalue weighted by Gasteiger charge is -2.12. The third-order valence-electron chi connectivity index (χ3n) is 7.38. The molecule has 0 radical (unpaired) electrons. The lowest BCUT2D eigenvalue weighted by Crippen LogP contribution is -2.02. The number of nitrogens with zero attached hydrogens (tertiary/aromatic N) is 3. The zero-order chi connectivity index (χ0) is 28.2. The number of phenols is 1. The van der Waals surface area contributed by atoms with Crippen LogP contribution in [-0.4, -0.2) is 26.7 Å². The predicted octanol–water partition coefficient (Wildman–Crippen LogP) is 9.49. The van der Waals surface area contributed by atoms with Gasteiger partial charge in [0.25, 0.3) is 0 Å². The highest BCUT2D eigenvalue weighted by Crippen LogP contribution is 2.33. The van der Waals surface area contributed by atoms with Crippen LogP contribution in [0.25, 0.3) is 34.2 Å². The standard InChI is InChI=1S/C35H43N3O2/c1-4-5-6-7-8-9-10-11-12-17-24-40-28-22-23-31(32(39)25-28)35-37-33(29-20-15-13-18-26(29)2)36-34(38-35)30-21-16-14-19-27(30)3/h13-16,18-23,25,39H,4-12,17,24H2,1-3H3. The van der Waals surface area contributed by atoms with E-state index in [2.05, 4.69) is 6.92 Å². The SMILES string of the molecule is CCCCCCCCCCCCOc1ccc(-c2nc(-c3ccccc3C)nc(-c3ccccc3C)n2)c(O)c1. The number of aromatic hydroxyl groups is 1. The van der Waals surface area contributed by atoms with Gasteiger partial charge in [-0.2, -0.15) is 0 Å². The molecule has 0 fully saturated rings. The van der Waals surface area contributed by atoms with Crippen molar-refractivity contribution in [1.29, 1.82) is 0 Å². The highest BCUT2D eigenvalue weighted by atomic mass is 16.5. The third kappa shape index (κ3) is 8.14. The first-order valence-corrected chi connectivity index (χ1v) is 14.9. The van der Waals surface area contributed by atoms with Gasteiger partial charge in [0, 0.05) is 17.2 Å². The molecule has 4 rings (SSSR count). The Labute approximate surface area is 239 Å². The second-order valence-electron chi connectivity index (χ2n) is 10.6. The van der Waals surface area contributed by atoms with Crippen molar-refractivity contribution in [2.24, 2.45) is 0 Å². The van der Waals surface area contributed by atoms with Crippen LogP contribution in [0.2, 0.25) is 0 Å². The molecule has 210 valence electrons. The van der Waals surface area contributed by atoms with E-state index in [1.165, 1.54) is 57.8 Å². The number of unbranched alkanes of at least 4 members (excludes halogenated alkanes) is 9. The lowest BCUT2D eigenvalue weighted by molar-refractivity contribution is 0.302. The first-order chi connectivity index (χ1) is 19.6. The Hall–Kier alpha value is -3.73. The molecule has 5 nitrogen and oxygen atoms in total. The molecule has 5 heteroatoms. The van der Waals surface area contributed by atoms with Crippen LogP contribution in [0.3, 0.4) is 0 Å². The van der Waals surface area contributed by atoms with Crippen molar-refractivity contribution in [1.82, 2.24) is 15.0 Å². The van der Waals surface area contributed by atoms with Crippen molar-refractivity contribution in [3.05, 3.63) is 77.9 Å². The van der Waals surface area contributed by atoms with Crippen LogP contribution >= 0.6 is 0 Å². The van der Waals surface area contributed by atoms with Crippen LogP contribution in [0, 0.1) is 13.8 Å². The number of aryl methyl sites for hydroxylation is 2. The minimum Gasteiger partial charge on any atom is -0.507 e. The molecule has 3 aromatic carbocycles. The van der Waals surface area contributed by atoms with Gasteiger partial charge in [0.05, 0.1) is 12.2 Å². The zero-order valence-corrected chi connectivity index (χ0v) is 24.3. The van der Waals surface area contributed by atoms with Crippen LogP contribution in [0.5, 0.6) is 11.5 Å². The summed E-state index contributed by atoms with van der Waals surface area (Å²) in [5.74, 6) is 2.36. The monoisotopic (exact) mass is 537 g/mol. The summed E-state index contributed by atoms with van der Waals surface area (Å²) in [6.07, 6.45) is 12.9. The summed E-state index contributed by atoms with van der Waals surface area (Å²) in [7, 11) is 0. The fourth-order valence-corrected chi connectivity index (χ4v) is 4.95. The van der Waals surface area contributed by atoms with E-state index in [1.807, 2.05) is 74.5 Å². The van der Waals surface area contributed by atoms with Crippen molar-refractivity contribution in [2.75, 3.05) is 6.61 Å². The highest BCUT2D eigenvalue weighted by Gasteiger charge is 2.17. The Kier molecular flexibility index (Phi) is 11.1. The van der Waals surface area contributed by atoms with Gasteiger partial charge in [-0.1, -0.05) is 113 Å². The summed E-state index contributed by atoms with van der Waals surface area (Å²) in [4.78, 5) is 14.4. The number of rotatable bonds is 15. The van der Waals surface area contributed by atoms with Crippen LogP contribution in [0.1, 0.15) is 82.3 Å². The average molecular weight is 538 g/mol. The molecule has 0 aliphatic heterocycles. The van der Waals surface area contributed by atoms with Crippen LogP contribution in [0.4, 0.5) is 0 Å². The fourth-order valence-electron chi connectivity index (χ4n) is 4.95. The molecular weight excluding hydrogens is 494 g/mol. The Morgan fingerprint density at radius 1 is 0.575 bits per heavy atom. The normalized spacial score (nSPS) is 11.1. The number of aromatic nitrogens is 3. The molecule has 0 unspecified atom stereocenters. The first-order valence-electron chi connectivity index (χ1n) is 14.9.